The van der Waals surface area contributed by atoms with Crippen molar-refractivity contribution < 1.29 is 4.79 Å². The van der Waals surface area contributed by atoms with Crippen LogP contribution >= 0.6 is 35.0 Å². The Morgan fingerprint density at radius 2 is 1.90 bits per heavy atom. The molecule has 1 atom stereocenters. The van der Waals surface area contributed by atoms with Crippen LogP contribution in [0.3, 0.4) is 0 Å². The van der Waals surface area contributed by atoms with Crippen LogP contribution in [0.4, 0.5) is 5.69 Å². The van der Waals surface area contributed by atoms with Crippen LogP contribution in [0.2, 0.25) is 10.0 Å². The predicted molar refractivity (Wildman–Crippen MR) is 92.3 cm³/mol. The maximum atomic E-state index is 12.2. The third-order valence-electron chi connectivity index (χ3n) is 2.90. The Morgan fingerprint density at radius 3 is 2.62 bits per heavy atom. The number of carbonyl (C=O) groups excluding carboxylic acids is 1. The molecule has 2 nitrogen and oxygen atoms in total. The van der Waals surface area contributed by atoms with E-state index < -0.39 is 0 Å². The molecular weight excluding hydrogens is 325 g/mol. The predicted octanol–water partition coefficient (Wildman–Crippen LogP) is 5.25. The Kier molecular flexibility index (Phi) is 5.97. The van der Waals surface area contributed by atoms with E-state index in [1.54, 1.807) is 30.0 Å². The average molecular weight is 340 g/mol. The summed E-state index contributed by atoms with van der Waals surface area (Å²) >= 11 is 13.5. The van der Waals surface area contributed by atoms with Crippen molar-refractivity contribution in [1.82, 2.24) is 0 Å². The number of benzene rings is 2. The van der Waals surface area contributed by atoms with Crippen LogP contribution in [0, 0.1) is 0 Å². The number of carbonyl (C=O) groups is 1. The fourth-order valence-corrected chi connectivity index (χ4v) is 2.88. The number of hydrogen-bond donors (Lipinski definition) is 1. The highest BCUT2D eigenvalue weighted by Crippen LogP contribution is 2.26. The largest absolute Gasteiger partial charge is 0.324 e. The molecule has 1 amide bonds. The van der Waals surface area contributed by atoms with Gasteiger partial charge in [-0.2, -0.15) is 0 Å². The Bertz CT molecular complexity index is 619. The zero-order valence-corrected chi connectivity index (χ0v) is 13.8. The van der Waals surface area contributed by atoms with E-state index in [1.165, 1.54) is 5.56 Å². The first-order valence-corrected chi connectivity index (χ1v) is 8.28. The van der Waals surface area contributed by atoms with E-state index in [-0.39, 0.29) is 11.2 Å². The third kappa shape index (κ3) is 4.95. The number of thioether (sulfide) groups is 1. The smallest absolute Gasteiger partial charge is 0.237 e. The molecule has 2 aromatic carbocycles. The standard InChI is InChI=1S/C16H15Cl2NOS/c1-11(21-10-12-5-3-2-4-6-12)16(20)19-15-9-13(17)7-8-14(15)18/h2-9,11H,10H2,1H3,(H,19,20). The zero-order chi connectivity index (χ0) is 15.2. The van der Waals surface area contributed by atoms with E-state index in [0.717, 1.165) is 5.75 Å². The molecule has 0 spiro atoms. The minimum atomic E-state index is -0.180. The van der Waals surface area contributed by atoms with Crippen molar-refractivity contribution in [3.8, 4) is 0 Å². The van der Waals surface area contributed by atoms with Gasteiger partial charge in [-0.1, -0.05) is 53.5 Å². The molecule has 0 bridgehead atoms. The first-order valence-electron chi connectivity index (χ1n) is 6.47. The van der Waals surface area contributed by atoms with Crippen LogP contribution in [0.15, 0.2) is 48.5 Å². The average Bonchev–Trinajstić information content (AvgIpc) is 2.49. The molecule has 0 aliphatic carbocycles. The minimum absolute atomic E-state index is 0.0832. The van der Waals surface area contributed by atoms with E-state index in [4.69, 9.17) is 23.2 Å². The summed E-state index contributed by atoms with van der Waals surface area (Å²) in [6.07, 6.45) is 0. The molecule has 0 saturated carbocycles. The Hall–Kier alpha value is -1.16. The fourth-order valence-electron chi connectivity index (χ4n) is 1.70. The molecule has 21 heavy (non-hydrogen) atoms. The highest BCUT2D eigenvalue weighted by atomic mass is 35.5. The topological polar surface area (TPSA) is 29.1 Å². The van der Waals surface area contributed by atoms with Crippen molar-refractivity contribution in [3.63, 3.8) is 0 Å². The van der Waals surface area contributed by atoms with Crippen LogP contribution in [0.25, 0.3) is 0 Å². The molecule has 2 rings (SSSR count). The van der Waals surface area contributed by atoms with Crippen molar-refractivity contribution in [1.29, 1.82) is 0 Å². The first-order chi connectivity index (χ1) is 10.1. The molecule has 1 unspecified atom stereocenters. The van der Waals surface area contributed by atoms with E-state index in [9.17, 15) is 4.79 Å². The minimum Gasteiger partial charge on any atom is -0.324 e. The van der Waals surface area contributed by atoms with Crippen molar-refractivity contribution in [3.05, 3.63) is 64.1 Å². The summed E-state index contributed by atoms with van der Waals surface area (Å²) in [5.41, 5.74) is 1.74. The molecule has 5 heteroatoms. The van der Waals surface area contributed by atoms with Crippen LogP contribution in [-0.4, -0.2) is 11.2 Å². The molecule has 110 valence electrons. The Labute approximate surface area is 138 Å². The maximum absolute atomic E-state index is 12.2. The van der Waals surface area contributed by atoms with Gasteiger partial charge in [0.2, 0.25) is 5.91 Å². The summed E-state index contributed by atoms with van der Waals surface area (Å²) in [6.45, 7) is 1.88. The molecule has 0 heterocycles. The Balaban J connectivity index is 1.92. The molecule has 0 aliphatic rings. The molecular formula is C16H15Cl2NOS. The lowest BCUT2D eigenvalue weighted by atomic mass is 10.2. The van der Waals surface area contributed by atoms with Crippen molar-refractivity contribution in [2.45, 2.75) is 17.9 Å². The van der Waals surface area contributed by atoms with Gasteiger partial charge in [0.25, 0.3) is 0 Å². The van der Waals surface area contributed by atoms with E-state index in [2.05, 4.69) is 5.32 Å². The van der Waals surface area contributed by atoms with Crippen molar-refractivity contribution in [2.75, 3.05) is 5.32 Å². The third-order valence-corrected chi connectivity index (χ3v) is 4.68. The van der Waals surface area contributed by atoms with Gasteiger partial charge in [0.15, 0.2) is 0 Å². The summed E-state index contributed by atoms with van der Waals surface area (Å²) in [4.78, 5) is 12.2. The number of anilines is 1. The molecule has 0 aliphatic heterocycles. The highest BCUT2D eigenvalue weighted by molar-refractivity contribution is 7.99. The number of hydrogen-bond acceptors (Lipinski definition) is 2. The summed E-state index contributed by atoms with van der Waals surface area (Å²) in [6, 6.07) is 15.1. The SMILES string of the molecule is CC(SCc1ccccc1)C(=O)Nc1cc(Cl)ccc1Cl. The van der Waals surface area contributed by atoms with Gasteiger partial charge in [-0.05, 0) is 30.7 Å². The maximum Gasteiger partial charge on any atom is 0.237 e. The highest BCUT2D eigenvalue weighted by Gasteiger charge is 2.15. The van der Waals surface area contributed by atoms with Gasteiger partial charge in [0.05, 0.1) is 16.0 Å². The molecule has 1 N–H and O–H groups in total. The molecule has 2 aromatic rings. The van der Waals surface area contributed by atoms with Gasteiger partial charge in [-0.3, -0.25) is 4.79 Å². The number of nitrogens with one attached hydrogen (secondary N) is 1. The van der Waals surface area contributed by atoms with Crippen LogP contribution in [0.1, 0.15) is 12.5 Å². The lowest BCUT2D eigenvalue weighted by Gasteiger charge is -2.13. The summed E-state index contributed by atoms with van der Waals surface area (Å²) in [5, 5.41) is 3.65. The van der Waals surface area contributed by atoms with Gasteiger partial charge in [-0.15, -0.1) is 11.8 Å². The van der Waals surface area contributed by atoms with Gasteiger partial charge < -0.3 is 5.32 Å². The Morgan fingerprint density at radius 1 is 1.19 bits per heavy atom. The number of rotatable bonds is 5. The summed E-state index contributed by atoms with van der Waals surface area (Å²) < 4.78 is 0. The quantitative estimate of drug-likeness (QED) is 0.805. The fraction of sp³-hybridized carbons (Fsp3) is 0.188. The van der Waals surface area contributed by atoms with Crippen LogP contribution in [-0.2, 0) is 10.5 Å². The molecule has 0 fully saturated rings. The van der Waals surface area contributed by atoms with Gasteiger partial charge in [0, 0.05) is 10.8 Å². The monoisotopic (exact) mass is 339 g/mol. The van der Waals surface area contributed by atoms with E-state index in [0.29, 0.717) is 15.7 Å². The molecule has 0 radical (unpaired) electrons. The normalized spacial score (nSPS) is 12.0. The second kappa shape index (κ2) is 7.74. The lowest BCUT2D eigenvalue weighted by molar-refractivity contribution is -0.115. The van der Waals surface area contributed by atoms with E-state index >= 15 is 0 Å². The number of halogens is 2. The van der Waals surface area contributed by atoms with Gasteiger partial charge >= 0.3 is 0 Å². The molecule has 0 aromatic heterocycles. The van der Waals surface area contributed by atoms with Crippen molar-refractivity contribution in [2.24, 2.45) is 0 Å². The van der Waals surface area contributed by atoms with Gasteiger partial charge in [-0.25, -0.2) is 0 Å². The van der Waals surface area contributed by atoms with Crippen LogP contribution < -0.4 is 5.32 Å². The second-order valence-corrected chi connectivity index (χ2v) is 6.73. The number of amides is 1. The second-order valence-electron chi connectivity index (χ2n) is 4.55. The molecule has 0 saturated heterocycles. The summed E-state index contributed by atoms with van der Waals surface area (Å²) in [5.74, 6) is 0.707. The first kappa shape index (κ1) is 16.2. The van der Waals surface area contributed by atoms with Crippen molar-refractivity contribution >= 4 is 46.6 Å². The van der Waals surface area contributed by atoms with Gasteiger partial charge in [0.1, 0.15) is 0 Å². The summed E-state index contributed by atoms with van der Waals surface area (Å²) in [7, 11) is 0. The zero-order valence-electron chi connectivity index (χ0n) is 11.5. The van der Waals surface area contributed by atoms with Crippen LogP contribution in [0.5, 0.6) is 0 Å². The lowest BCUT2D eigenvalue weighted by Crippen LogP contribution is -2.22. The van der Waals surface area contributed by atoms with E-state index in [1.807, 2.05) is 37.3 Å².